The van der Waals surface area contributed by atoms with Gasteiger partial charge < -0.3 is 5.32 Å². The van der Waals surface area contributed by atoms with E-state index in [2.05, 4.69) is 48.7 Å². The standard InChI is InChI=1S/C15H17ClN2OS/c1-8-3-5-10(6-4-8)12-9(2)20-15-13(12)14(19)17-11(7-16)18-15/h3-6,11,13,15,18H,7H2,1-2H3,(H,17,19). The minimum Gasteiger partial charge on any atom is -0.339 e. The van der Waals surface area contributed by atoms with Crippen molar-refractivity contribution in [2.75, 3.05) is 5.88 Å². The molecule has 0 spiro atoms. The Kier molecular flexibility index (Phi) is 3.80. The molecule has 2 aliphatic rings. The highest BCUT2D eigenvalue weighted by atomic mass is 35.5. The Morgan fingerprint density at radius 1 is 1.25 bits per heavy atom. The first kappa shape index (κ1) is 14.0. The van der Waals surface area contributed by atoms with Gasteiger partial charge in [0.1, 0.15) is 0 Å². The highest BCUT2D eigenvalue weighted by molar-refractivity contribution is 8.04. The van der Waals surface area contributed by atoms with Crippen molar-refractivity contribution in [1.82, 2.24) is 10.6 Å². The SMILES string of the molecule is CC1=C(c2ccc(C)cc2)C2C(=O)NC(CCl)NC2S1. The molecule has 5 heteroatoms. The van der Waals surface area contributed by atoms with E-state index in [1.54, 1.807) is 11.8 Å². The lowest BCUT2D eigenvalue weighted by Gasteiger charge is -2.33. The Balaban J connectivity index is 1.94. The topological polar surface area (TPSA) is 41.1 Å². The largest absolute Gasteiger partial charge is 0.339 e. The van der Waals surface area contributed by atoms with Crippen LogP contribution in [-0.4, -0.2) is 23.3 Å². The Hall–Kier alpha value is -0.970. The number of alkyl halides is 1. The zero-order valence-electron chi connectivity index (χ0n) is 11.4. The van der Waals surface area contributed by atoms with Gasteiger partial charge in [-0.05, 0) is 29.9 Å². The van der Waals surface area contributed by atoms with Crippen LogP contribution in [0.15, 0.2) is 29.2 Å². The van der Waals surface area contributed by atoms with Crippen molar-refractivity contribution >= 4 is 34.8 Å². The van der Waals surface area contributed by atoms with E-state index in [9.17, 15) is 4.79 Å². The molecule has 3 rings (SSSR count). The molecule has 106 valence electrons. The molecule has 1 amide bonds. The molecular weight excluding hydrogens is 292 g/mol. The second-order valence-electron chi connectivity index (χ2n) is 5.23. The lowest BCUT2D eigenvalue weighted by atomic mass is 9.89. The third kappa shape index (κ3) is 2.36. The van der Waals surface area contributed by atoms with Gasteiger partial charge in [-0.15, -0.1) is 23.4 Å². The molecule has 0 aromatic heterocycles. The van der Waals surface area contributed by atoms with Crippen LogP contribution < -0.4 is 10.6 Å². The smallest absolute Gasteiger partial charge is 0.231 e. The molecule has 0 bridgehead atoms. The molecule has 3 unspecified atom stereocenters. The molecule has 0 radical (unpaired) electrons. The van der Waals surface area contributed by atoms with E-state index >= 15 is 0 Å². The van der Waals surface area contributed by atoms with Crippen LogP contribution in [0.4, 0.5) is 0 Å². The van der Waals surface area contributed by atoms with E-state index in [1.165, 1.54) is 10.5 Å². The third-order valence-corrected chi connectivity index (χ3v) is 5.32. The number of allylic oxidation sites excluding steroid dienone is 1. The third-order valence-electron chi connectivity index (χ3n) is 3.78. The summed E-state index contributed by atoms with van der Waals surface area (Å²) in [6.45, 7) is 4.15. The second kappa shape index (κ2) is 5.43. The van der Waals surface area contributed by atoms with Gasteiger partial charge in [-0.2, -0.15) is 0 Å². The Morgan fingerprint density at radius 2 is 1.95 bits per heavy atom. The van der Waals surface area contributed by atoms with Gasteiger partial charge in [0.2, 0.25) is 5.91 Å². The molecule has 0 saturated carbocycles. The summed E-state index contributed by atoms with van der Waals surface area (Å²) in [6, 6.07) is 8.36. The number of rotatable bonds is 2. The first-order valence-corrected chi connectivity index (χ1v) is 8.08. The van der Waals surface area contributed by atoms with E-state index in [0.717, 1.165) is 11.1 Å². The summed E-state index contributed by atoms with van der Waals surface area (Å²) in [4.78, 5) is 13.6. The summed E-state index contributed by atoms with van der Waals surface area (Å²) in [5, 5.41) is 6.42. The van der Waals surface area contributed by atoms with Gasteiger partial charge in [0.15, 0.2) is 0 Å². The van der Waals surface area contributed by atoms with Crippen LogP contribution in [0.3, 0.4) is 0 Å². The van der Waals surface area contributed by atoms with E-state index in [1.807, 2.05) is 0 Å². The van der Waals surface area contributed by atoms with Crippen LogP contribution in [0.25, 0.3) is 5.57 Å². The van der Waals surface area contributed by atoms with E-state index in [-0.39, 0.29) is 23.4 Å². The highest BCUT2D eigenvalue weighted by Crippen LogP contribution is 2.46. The number of carbonyl (C=O) groups is 1. The van der Waals surface area contributed by atoms with Gasteiger partial charge in [0.25, 0.3) is 0 Å². The van der Waals surface area contributed by atoms with Crippen molar-refractivity contribution in [3.8, 4) is 0 Å². The number of thioether (sulfide) groups is 1. The molecule has 3 atom stereocenters. The number of aryl methyl sites for hydroxylation is 1. The van der Waals surface area contributed by atoms with Crippen molar-refractivity contribution in [2.24, 2.45) is 5.92 Å². The number of nitrogens with one attached hydrogen (secondary N) is 2. The molecule has 2 heterocycles. The molecule has 1 aromatic carbocycles. The van der Waals surface area contributed by atoms with Gasteiger partial charge >= 0.3 is 0 Å². The summed E-state index contributed by atoms with van der Waals surface area (Å²) in [5.74, 6) is 0.315. The fraction of sp³-hybridized carbons (Fsp3) is 0.400. The van der Waals surface area contributed by atoms with Crippen LogP contribution in [0, 0.1) is 12.8 Å². The predicted octanol–water partition coefficient (Wildman–Crippen LogP) is 2.70. The number of hydrogen-bond donors (Lipinski definition) is 2. The van der Waals surface area contributed by atoms with Crippen molar-refractivity contribution in [1.29, 1.82) is 0 Å². The number of carbonyl (C=O) groups excluding carboxylic acids is 1. The maximum atomic E-state index is 12.4. The first-order valence-electron chi connectivity index (χ1n) is 6.67. The Morgan fingerprint density at radius 3 is 2.60 bits per heavy atom. The van der Waals surface area contributed by atoms with Crippen LogP contribution >= 0.6 is 23.4 Å². The zero-order valence-corrected chi connectivity index (χ0v) is 13.0. The minimum absolute atomic E-state index is 0.0688. The number of amides is 1. The van der Waals surface area contributed by atoms with Crippen LogP contribution in [0.1, 0.15) is 18.1 Å². The average Bonchev–Trinajstić information content (AvgIpc) is 2.76. The quantitative estimate of drug-likeness (QED) is 0.825. The first-order chi connectivity index (χ1) is 9.60. The zero-order chi connectivity index (χ0) is 14.3. The summed E-state index contributed by atoms with van der Waals surface area (Å²) < 4.78 is 0. The normalized spacial score (nSPS) is 29.4. The van der Waals surface area contributed by atoms with Gasteiger partial charge in [-0.25, -0.2) is 0 Å². The van der Waals surface area contributed by atoms with E-state index in [0.29, 0.717) is 5.88 Å². The minimum atomic E-state index is -0.137. The summed E-state index contributed by atoms with van der Waals surface area (Å²) in [6.07, 6.45) is -0.136. The monoisotopic (exact) mass is 308 g/mol. The predicted molar refractivity (Wildman–Crippen MR) is 84.4 cm³/mol. The van der Waals surface area contributed by atoms with Gasteiger partial charge in [0.05, 0.1) is 23.3 Å². The second-order valence-corrected chi connectivity index (χ2v) is 6.90. The fourth-order valence-corrected chi connectivity index (χ4v) is 4.34. The lowest BCUT2D eigenvalue weighted by molar-refractivity contribution is -0.125. The highest BCUT2D eigenvalue weighted by Gasteiger charge is 2.44. The van der Waals surface area contributed by atoms with E-state index in [4.69, 9.17) is 11.6 Å². The number of fused-ring (bicyclic) bond motifs is 1. The number of benzene rings is 1. The van der Waals surface area contributed by atoms with Gasteiger partial charge in [-0.1, -0.05) is 29.8 Å². The van der Waals surface area contributed by atoms with Gasteiger partial charge in [-0.3, -0.25) is 10.1 Å². The Labute approximate surface area is 128 Å². The summed E-state index contributed by atoms with van der Waals surface area (Å²) in [7, 11) is 0. The van der Waals surface area contributed by atoms with Crippen LogP contribution in [0.2, 0.25) is 0 Å². The molecule has 0 aliphatic carbocycles. The van der Waals surface area contributed by atoms with Crippen LogP contribution in [0.5, 0.6) is 0 Å². The summed E-state index contributed by atoms with van der Waals surface area (Å²) >= 11 is 7.57. The van der Waals surface area contributed by atoms with Gasteiger partial charge in [0, 0.05) is 0 Å². The lowest BCUT2D eigenvalue weighted by Crippen LogP contribution is -2.60. The Bertz CT molecular complexity index is 570. The average molecular weight is 309 g/mol. The summed E-state index contributed by atoms with van der Waals surface area (Å²) in [5.41, 5.74) is 3.50. The van der Waals surface area contributed by atoms with Crippen molar-refractivity contribution in [2.45, 2.75) is 25.4 Å². The molecule has 2 N–H and O–H groups in total. The maximum absolute atomic E-state index is 12.4. The molecule has 20 heavy (non-hydrogen) atoms. The fourth-order valence-electron chi connectivity index (χ4n) is 2.79. The van der Waals surface area contributed by atoms with E-state index < -0.39 is 0 Å². The molecule has 1 saturated heterocycles. The van der Waals surface area contributed by atoms with Crippen molar-refractivity contribution in [3.63, 3.8) is 0 Å². The molecule has 3 nitrogen and oxygen atoms in total. The molecule has 2 aliphatic heterocycles. The molecular formula is C15H17ClN2OS. The molecule has 1 aromatic rings. The van der Waals surface area contributed by atoms with Crippen LogP contribution in [-0.2, 0) is 4.79 Å². The molecule has 1 fully saturated rings. The maximum Gasteiger partial charge on any atom is 0.231 e. The van der Waals surface area contributed by atoms with Crippen molar-refractivity contribution in [3.05, 3.63) is 40.3 Å². The van der Waals surface area contributed by atoms with Crippen molar-refractivity contribution < 1.29 is 4.79 Å². The number of hydrogen-bond acceptors (Lipinski definition) is 3. The number of halogens is 1.